The van der Waals surface area contributed by atoms with Crippen LogP contribution in [0.25, 0.3) is 0 Å². The molecule has 1 aromatic carbocycles. The van der Waals surface area contributed by atoms with Gasteiger partial charge in [-0.15, -0.1) is 0 Å². The van der Waals surface area contributed by atoms with Crippen molar-refractivity contribution in [2.75, 3.05) is 18.5 Å². The van der Waals surface area contributed by atoms with Gasteiger partial charge >= 0.3 is 0 Å². The van der Waals surface area contributed by atoms with Crippen molar-refractivity contribution in [2.24, 2.45) is 5.73 Å². The first-order valence-corrected chi connectivity index (χ1v) is 7.08. The topological polar surface area (TPSA) is 73.6 Å². The van der Waals surface area contributed by atoms with Crippen LogP contribution in [0.5, 0.6) is 11.5 Å². The summed E-state index contributed by atoms with van der Waals surface area (Å²) in [5.74, 6) is 1.13. The maximum absolute atomic E-state index is 11.8. The molecule has 1 amide bonds. The molecular weight excluding hydrogens is 280 g/mol. The van der Waals surface area contributed by atoms with Gasteiger partial charge in [-0.3, -0.25) is 4.79 Å². The molecule has 1 heterocycles. The second kappa shape index (κ2) is 6.81. The lowest BCUT2D eigenvalue weighted by Gasteiger charge is -2.20. The number of hydrogen-bond donors (Lipinski definition) is 2. The Bertz CT molecular complexity index is 492. The zero-order chi connectivity index (χ0) is 14.5. The number of halogens is 1. The van der Waals surface area contributed by atoms with Crippen LogP contribution in [-0.2, 0) is 4.79 Å². The molecule has 0 saturated heterocycles. The number of carbonyl (C=O) groups excluding carboxylic acids is 1. The predicted octanol–water partition coefficient (Wildman–Crippen LogP) is 2.57. The summed E-state index contributed by atoms with van der Waals surface area (Å²) < 4.78 is 10.9. The van der Waals surface area contributed by atoms with Crippen molar-refractivity contribution in [3.8, 4) is 11.5 Å². The summed E-state index contributed by atoms with van der Waals surface area (Å²) >= 11 is 6.12. The molecule has 1 unspecified atom stereocenters. The van der Waals surface area contributed by atoms with Crippen molar-refractivity contribution in [1.29, 1.82) is 0 Å². The molecule has 5 nitrogen and oxygen atoms in total. The van der Waals surface area contributed by atoms with Gasteiger partial charge in [0.2, 0.25) is 5.91 Å². The van der Waals surface area contributed by atoms with E-state index >= 15 is 0 Å². The molecule has 3 N–H and O–H groups in total. The quantitative estimate of drug-likeness (QED) is 0.876. The lowest BCUT2D eigenvalue weighted by molar-refractivity contribution is -0.116. The van der Waals surface area contributed by atoms with Crippen LogP contribution in [0.1, 0.15) is 26.2 Å². The van der Waals surface area contributed by atoms with Crippen molar-refractivity contribution in [3.05, 3.63) is 17.2 Å². The van der Waals surface area contributed by atoms with Crippen LogP contribution >= 0.6 is 11.6 Å². The summed E-state index contributed by atoms with van der Waals surface area (Å²) in [6.45, 7) is 2.93. The minimum Gasteiger partial charge on any atom is -0.486 e. The molecule has 1 aliphatic rings. The van der Waals surface area contributed by atoms with E-state index in [0.717, 1.165) is 12.8 Å². The number of fused-ring (bicyclic) bond motifs is 1. The van der Waals surface area contributed by atoms with E-state index in [-0.39, 0.29) is 11.9 Å². The summed E-state index contributed by atoms with van der Waals surface area (Å²) in [7, 11) is 0. The Morgan fingerprint density at radius 1 is 1.40 bits per heavy atom. The average molecular weight is 299 g/mol. The fourth-order valence-electron chi connectivity index (χ4n) is 1.96. The van der Waals surface area contributed by atoms with Crippen molar-refractivity contribution in [3.63, 3.8) is 0 Å². The Morgan fingerprint density at radius 3 is 2.70 bits per heavy atom. The van der Waals surface area contributed by atoms with Crippen molar-refractivity contribution >= 4 is 23.2 Å². The second-order valence-electron chi connectivity index (χ2n) is 4.89. The number of anilines is 1. The summed E-state index contributed by atoms with van der Waals surface area (Å²) in [5.41, 5.74) is 6.19. The lowest BCUT2D eigenvalue weighted by atomic mass is 10.1. The summed E-state index contributed by atoms with van der Waals surface area (Å²) in [5, 5.41) is 3.23. The minimum absolute atomic E-state index is 0.0794. The van der Waals surface area contributed by atoms with Gasteiger partial charge in [0.25, 0.3) is 0 Å². The van der Waals surface area contributed by atoms with Gasteiger partial charge in [-0.05, 0) is 19.8 Å². The summed E-state index contributed by atoms with van der Waals surface area (Å²) in [6.07, 6.45) is 2.00. The van der Waals surface area contributed by atoms with E-state index < -0.39 is 0 Å². The van der Waals surface area contributed by atoms with E-state index in [1.165, 1.54) is 0 Å². The standard InChI is InChI=1S/C14H19ClN2O3/c1-9(16)3-2-4-14(18)17-11-8-13-12(7-10(11)15)19-5-6-20-13/h7-9H,2-6,16H2,1H3,(H,17,18). The molecule has 0 aliphatic carbocycles. The second-order valence-corrected chi connectivity index (χ2v) is 5.30. The number of benzene rings is 1. The van der Waals surface area contributed by atoms with Gasteiger partial charge < -0.3 is 20.5 Å². The monoisotopic (exact) mass is 298 g/mol. The number of amides is 1. The van der Waals surface area contributed by atoms with E-state index in [1.807, 2.05) is 6.92 Å². The summed E-state index contributed by atoms with van der Waals surface area (Å²) in [4.78, 5) is 11.8. The van der Waals surface area contributed by atoms with Crippen LogP contribution in [0.15, 0.2) is 12.1 Å². The number of hydrogen-bond acceptors (Lipinski definition) is 4. The van der Waals surface area contributed by atoms with Gasteiger partial charge in [0.05, 0.1) is 10.7 Å². The Hall–Kier alpha value is -1.46. The van der Waals surface area contributed by atoms with Gasteiger partial charge in [0.15, 0.2) is 11.5 Å². The van der Waals surface area contributed by atoms with Gasteiger partial charge in [-0.1, -0.05) is 11.6 Å². The maximum Gasteiger partial charge on any atom is 0.224 e. The molecule has 0 aromatic heterocycles. The van der Waals surface area contributed by atoms with E-state index in [9.17, 15) is 4.79 Å². The molecule has 2 rings (SSSR count). The molecule has 0 fully saturated rings. The molecule has 1 atom stereocenters. The van der Waals surface area contributed by atoms with Gasteiger partial charge in [0.1, 0.15) is 13.2 Å². The van der Waals surface area contributed by atoms with Gasteiger partial charge in [-0.25, -0.2) is 0 Å². The maximum atomic E-state index is 11.8. The Labute approximate surface area is 123 Å². The van der Waals surface area contributed by atoms with E-state index in [2.05, 4.69) is 5.32 Å². The first kappa shape index (κ1) is 14.9. The number of nitrogens with one attached hydrogen (secondary N) is 1. The Morgan fingerprint density at radius 2 is 2.05 bits per heavy atom. The summed E-state index contributed by atoms with van der Waals surface area (Å²) in [6, 6.07) is 3.47. The van der Waals surface area contributed by atoms with Gasteiger partial charge in [0, 0.05) is 24.6 Å². The SMILES string of the molecule is CC(N)CCCC(=O)Nc1cc2c(cc1Cl)OCCO2. The predicted molar refractivity (Wildman–Crippen MR) is 78.6 cm³/mol. The first-order valence-electron chi connectivity index (χ1n) is 6.71. The van der Waals surface area contributed by atoms with Crippen LogP contribution in [-0.4, -0.2) is 25.2 Å². The van der Waals surface area contributed by atoms with Crippen LogP contribution < -0.4 is 20.5 Å². The molecule has 110 valence electrons. The number of nitrogens with two attached hydrogens (primary N) is 1. The Balaban J connectivity index is 1.96. The van der Waals surface area contributed by atoms with Crippen molar-refractivity contribution in [2.45, 2.75) is 32.2 Å². The average Bonchev–Trinajstić information content (AvgIpc) is 2.39. The highest BCUT2D eigenvalue weighted by Gasteiger charge is 2.16. The molecule has 1 aliphatic heterocycles. The van der Waals surface area contributed by atoms with Crippen LogP contribution in [0.3, 0.4) is 0 Å². The molecule has 0 bridgehead atoms. The molecule has 0 saturated carbocycles. The van der Waals surface area contributed by atoms with E-state index in [1.54, 1.807) is 12.1 Å². The van der Waals surface area contributed by atoms with Crippen LogP contribution in [0.2, 0.25) is 5.02 Å². The third-order valence-corrected chi connectivity index (χ3v) is 3.28. The fraction of sp³-hybridized carbons (Fsp3) is 0.500. The number of ether oxygens (including phenoxy) is 2. The first-order chi connectivity index (χ1) is 9.56. The third kappa shape index (κ3) is 4.02. The highest BCUT2D eigenvalue weighted by atomic mass is 35.5. The number of rotatable bonds is 5. The molecule has 20 heavy (non-hydrogen) atoms. The zero-order valence-corrected chi connectivity index (χ0v) is 12.2. The fourth-order valence-corrected chi connectivity index (χ4v) is 2.16. The van der Waals surface area contributed by atoms with Crippen molar-refractivity contribution < 1.29 is 14.3 Å². The smallest absolute Gasteiger partial charge is 0.224 e. The number of carbonyl (C=O) groups is 1. The Kier molecular flexibility index (Phi) is 5.09. The highest BCUT2D eigenvalue weighted by Crippen LogP contribution is 2.37. The molecule has 6 heteroatoms. The van der Waals surface area contributed by atoms with Crippen molar-refractivity contribution in [1.82, 2.24) is 0 Å². The molecular formula is C14H19ClN2O3. The van der Waals surface area contributed by atoms with E-state index in [4.69, 9.17) is 26.8 Å². The van der Waals surface area contributed by atoms with Gasteiger partial charge in [-0.2, -0.15) is 0 Å². The van der Waals surface area contributed by atoms with E-state index in [0.29, 0.717) is 41.8 Å². The minimum atomic E-state index is -0.0794. The molecule has 0 radical (unpaired) electrons. The molecule has 0 spiro atoms. The largest absolute Gasteiger partial charge is 0.486 e. The lowest BCUT2D eigenvalue weighted by Crippen LogP contribution is -2.18. The molecule has 1 aromatic rings. The third-order valence-electron chi connectivity index (χ3n) is 2.97. The zero-order valence-electron chi connectivity index (χ0n) is 11.4. The highest BCUT2D eigenvalue weighted by molar-refractivity contribution is 6.34. The van der Waals surface area contributed by atoms with Crippen LogP contribution in [0.4, 0.5) is 5.69 Å². The normalized spacial score (nSPS) is 14.8. The van der Waals surface area contributed by atoms with Crippen LogP contribution in [0, 0.1) is 0 Å².